The van der Waals surface area contributed by atoms with Crippen molar-refractivity contribution in [1.29, 1.82) is 0 Å². The molecule has 0 amide bonds. The summed E-state index contributed by atoms with van der Waals surface area (Å²) in [6.07, 6.45) is 13.3. The quantitative estimate of drug-likeness (QED) is 0.142. The van der Waals surface area contributed by atoms with Gasteiger partial charge in [-0.25, -0.2) is 0 Å². The molecule has 0 bridgehead atoms. The van der Waals surface area contributed by atoms with Crippen molar-refractivity contribution < 1.29 is 25.2 Å². The van der Waals surface area contributed by atoms with E-state index in [1.165, 1.54) is 69.2 Å². The van der Waals surface area contributed by atoms with E-state index in [0.29, 0.717) is 6.42 Å². The molecule has 0 saturated heterocycles. The van der Waals surface area contributed by atoms with Crippen LogP contribution in [0, 0.1) is 0 Å². The molecule has 2 aromatic carbocycles. The highest BCUT2D eigenvalue weighted by Crippen LogP contribution is 2.25. The first-order valence-electron chi connectivity index (χ1n) is 12.8. The Morgan fingerprint density at radius 2 is 0.886 bits per heavy atom. The van der Waals surface area contributed by atoms with Gasteiger partial charge in [-0.3, -0.25) is 0 Å². The van der Waals surface area contributed by atoms with Crippen molar-refractivity contribution >= 4 is 20.2 Å². The minimum absolute atomic E-state index is 0.0714. The van der Waals surface area contributed by atoms with Crippen LogP contribution in [-0.2, 0) is 20.2 Å². The van der Waals surface area contributed by atoms with Crippen molar-refractivity contribution in [2.75, 3.05) is 0 Å². The zero-order chi connectivity index (χ0) is 25.4. The number of para-hydroxylation sites is 2. The summed E-state index contributed by atoms with van der Waals surface area (Å²) in [6.45, 7) is 2.22. The molecule has 196 valence electrons. The molecule has 0 atom stereocenters. The van der Waals surface area contributed by atoms with Crippen LogP contribution in [0.15, 0.2) is 60.7 Å². The first kappa shape index (κ1) is 29.2. The second-order valence-corrected chi connectivity index (χ2v) is 12.6. The van der Waals surface area contributed by atoms with Gasteiger partial charge in [0.25, 0.3) is 0 Å². The van der Waals surface area contributed by atoms with Crippen LogP contribution in [0.2, 0.25) is 0 Å². The molecule has 0 aliphatic carbocycles. The Labute approximate surface area is 212 Å². The summed E-state index contributed by atoms with van der Waals surface area (Å²) in [5, 5.41) is 0. The van der Waals surface area contributed by atoms with Crippen LogP contribution in [0.5, 0.6) is 11.5 Å². The molecular weight excluding hydrogens is 484 g/mol. The summed E-state index contributed by atoms with van der Waals surface area (Å²) in [6, 6.07) is 15.8. The predicted molar refractivity (Wildman–Crippen MR) is 141 cm³/mol. The highest BCUT2D eigenvalue weighted by atomic mass is 32.3. The minimum Gasteiger partial charge on any atom is -0.381 e. The van der Waals surface area contributed by atoms with Gasteiger partial charge < -0.3 is 8.37 Å². The maximum atomic E-state index is 13.0. The lowest BCUT2D eigenvalue weighted by atomic mass is 10.0. The lowest BCUT2D eigenvalue weighted by Gasteiger charge is -2.18. The summed E-state index contributed by atoms with van der Waals surface area (Å²) in [7, 11) is -8.96. The molecule has 6 nitrogen and oxygen atoms in total. The maximum Gasteiger partial charge on any atom is 0.330 e. The van der Waals surface area contributed by atoms with Crippen LogP contribution in [0.4, 0.5) is 0 Å². The number of unbranched alkanes of at least 4 members (excludes halogenated alkanes) is 11. The minimum atomic E-state index is -4.48. The first-order chi connectivity index (χ1) is 16.8. The second kappa shape index (κ2) is 15.8. The van der Waals surface area contributed by atoms with Gasteiger partial charge in [-0.15, -0.1) is 0 Å². The monoisotopic (exact) mass is 524 g/mol. The average molecular weight is 525 g/mol. The van der Waals surface area contributed by atoms with Crippen molar-refractivity contribution in [3.63, 3.8) is 0 Å². The number of rotatable bonds is 19. The molecule has 0 radical (unpaired) electrons. The molecule has 0 fully saturated rings. The van der Waals surface area contributed by atoms with Gasteiger partial charge in [-0.1, -0.05) is 120 Å². The molecule has 35 heavy (non-hydrogen) atoms. The third kappa shape index (κ3) is 11.5. The number of hydrogen-bond donors (Lipinski definition) is 0. The summed E-state index contributed by atoms with van der Waals surface area (Å²) >= 11 is 0. The van der Waals surface area contributed by atoms with Crippen molar-refractivity contribution in [2.24, 2.45) is 0 Å². The Kier molecular flexibility index (Phi) is 13.2. The summed E-state index contributed by atoms with van der Waals surface area (Å²) in [5.74, 6) is 0.143. The predicted octanol–water partition coefficient (Wildman–Crippen LogP) is 7.22. The Morgan fingerprint density at radius 3 is 1.26 bits per heavy atom. The van der Waals surface area contributed by atoms with Crippen molar-refractivity contribution in [3.05, 3.63) is 60.7 Å². The molecule has 2 rings (SSSR count). The molecule has 0 spiro atoms. The SMILES string of the molecule is CCCCCCCCCCCCCCC(S(=O)(=O)Oc1ccccc1)S(=O)(=O)Oc1ccccc1. The Balaban J connectivity index is 1.88. The Bertz CT molecular complexity index is 950. The zero-order valence-electron chi connectivity index (χ0n) is 20.8. The van der Waals surface area contributed by atoms with Gasteiger partial charge >= 0.3 is 20.2 Å². The lowest BCUT2D eigenvalue weighted by Crippen LogP contribution is -2.36. The van der Waals surface area contributed by atoms with E-state index in [1.807, 2.05) is 0 Å². The third-order valence-corrected chi connectivity index (χ3v) is 9.87. The van der Waals surface area contributed by atoms with Crippen LogP contribution < -0.4 is 8.37 Å². The van der Waals surface area contributed by atoms with Gasteiger partial charge in [-0.2, -0.15) is 16.8 Å². The van der Waals surface area contributed by atoms with E-state index < -0.39 is 24.8 Å². The Hall–Kier alpha value is -2.06. The number of hydrogen-bond acceptors (Lipinski definition) is 6. The van der Waals surface area contributed by atoms with Crippen molar-refractivity contribution in [3.8, 4) is 11.5 Å². The lowest BCUT2D eigenvalue weighted by molar-refractivity contribution is 0.450. The summed E-state index contributed by atoms with van der Waals surface area (Å²) in [4.78, 5) is 0. The van der Waals surface area contributed by atoms with E-state index in [2.05, 4.69) is 6.92 Å². The fourth-order valence-electron chi connectivity index (χ4n) is 3.91. The average Bonchev–Trinajstić information content (AvgIpc) is 2.82. The van der Waals surface area contributed by atoms with E-state index in [9.17, 15) is 16.8 Å². The molecule has 0 N–H and O–H groups in total. The van der Waals surface area contributed by atoms with Gasteiger partial charge in [-0.05, 0) is 30.7 Å². The number of benzene rings is 2. The standard InChI is InChI=1S/C27H40O6S2/c1-2-3-4-5-6-7-8-9-10-11-12-19-24-27(34(28,29)32-25-20-15-13-16-21-25)35(30,31)33-26-22-17-14-18-23-26/h13-18,20-23,27H,2-12,19,24H2,1H3. The van der Waals surface area contributed by atoms with Gasteiger partial charge in [0.2, 0.25) is 4.58 Å². The van der Waals surface area contributed by atoms with Crippen molar-refractivity contribution in [1.82, 2.24) is 0 Å². The normalized spacial score (nSPS) is 12.1. The van der Waals surface area contributed by atoms with Gasteiger partial charge in [0, 0.05) is 0 Å². The van der Waals surface area contributed by atoms with Crippen molar-refractivity contribution in [2.45, 2.75) is 95.0 Å². The van der Waals surface area contributed by atoms with E-state index in [-0.39, 0.29) is 17.9 Å². The van der Waals surface area contributed by atoms with Crippen LogP contribution >= 0.6 is 0 Å². The fraction of sp³-hybridized carbons (Fsp3) is 0.556. The van der Waals surface area contributed by atoms with E-state index in [4.69, 9.17) is 8.37 Å². The highest BCUT2D eigenvalue weighted by molar-refractivity contribution is 8.05. The van der Waals surface area contributed by atoms with Crippen LogP contribution in [0.25, 0.3) is 0 Å². The molecule has 0 aromatic heterocycles. The highest BCUT2D eigenvalue weighted by Gasteiger charge is 2.41. The summed E-state index contributed by atoms with van der Waals surface area (Å²) in [5.41, 5.74) is 0. The molecule has 0 aliphatic rings. The van der Waals surface area contributed by atoms with Crippen LogP contribution in [0.1, 0.15) is 90.4 Å². The molecule has 2 aromatic rings. The molecule has 0 heterocycles. The van der Waals surface area contributed by atoms with E-state index >= 15 is 0 Å². The van der Waals surface area contributed by atoms with Crippen LogP contribution in [-0.4, -0.2) is 21.4 Å². The Morgan fingerprint density at radius 1 is 0.543 bits per heavy atom. The topological polar surface area (TPSA) is 86.7 Å². The summed E-state index contributed by atoms with van der Waals surface area (Å²) < 4.78 is 60.5. The van der Waals surface area contributed by atoms with Gasteiger partial charge in [0.05, 0.1) is 0 Å². The second-order valence-electron chi connectivity index (χ2n) is 8.89. The third-order valence-electron chi connectivity index (χ3n) is 5.85. The fourth-order valence-corrected chi connectivity index (χ4v) is 7.19. The molecule has 0 unspecified atom stereocenters. The van der Waals surface area contributed by atoms with Gasteiger partial charge in [0.1, 0.15) is 11.5 Å². The smallest absolute Gasteiger partial charge is 0.330 e. The van der Waals surface area contributed by atoms with Crippen LogP contribution in [0.3, 0.4) is 0 Å². The largest absolute Gasteiger partial charge is 0.381 e. The molecular formula is C27H40O6S2. The first-order valence-corrected chi connectivity index (χ1v) is 15.8. The van der Waals surface area contributed by atoms with Gasteiger partial charge in [0.15, 0.2) is 0 Å². The molecule has 0 saturated carbocycles. The van der Waals surface area contributed by atoms with E-state index in [0.717, 1.165) is 25.7 Å². The van der Waals surface area contributed by atoms with E-state index in [1.54, 1.807) is 36.4 Å². The zero-order valence-corrected chi connectivity index (χ0v) is 22.4. The maximum absolute atomic E-state index is 13.0. The molecule has 8 heteroatoms. The molecule has 0 aliphatic heterocycles.